The van der Waals surface area contributed by atoms with Gasteiger partial charge in [0.15, 0.2) is 0 Å². The van der Waals surface area contributed by atoms with Crippen molar-refractivity contribution >= 4 is 53.1 Å². The molecule has 1 atom stereocenters. The van der Waals surface area contributed by atoms with Crippen molar-refractivity contribution in [2.45, 2.75) is 18.9 Å². The smallest absolute Gasteiger partial charge is 0.261 e. The fourth-order valence-corrected chi connectivity index (χ4v) is 4.67. The number of carbonyl (C=O) groups excluding carboxylic acids is 2. The number of hydrogen-bond donors (Lipinski definition) is 1. The van der Waals surface area contributed by atoms with Gasteiger partial charge in [-0.05, 0) is 50.0 Å². The van der Waals surface area contributed by atoms with Crippen LogP contribution in [0.25, 0.3) is 10.8 Å². The number of nitrogens with zero attached hydrogens (tertiary/aromatic N) is 2. The molecule has 0 aromatic heterocycles. The Hall–Kier alpha value is -1.82. The first-order valence-electron chi connectivity index (χ1n) is 8.56. The number of carbonyl (C=O) groups is 2. The van der Waals surface area contributed by atoms with Crippen molar-refractivity contribution in [3.8, 4) is 0 Å². The lowest BCUT2D eigenvalue weighted by Crippen LogP contribution is -2.60. The van der Waals surface area contributed by atoms with Gasteiger partial charge in [-0.3, -0.25) is 14.5 Å². The molecule has 2 N–H and O–H groups in total. The van der Waals surface area contributed by atoms with Crippen molar-refractivity contribution in [3.05, 3.63) is 41.5 Å². The fourth-order valence-electron chi connectivity index (χ4n) is 4.67. The zero-order valence-corrected chi connectivity index (χ0v) is 15.8. The van der Waals surface area contributed by atoms with Gasteiger partial charge in [0.2, 0.25) is 0 Å². The minimum atomic E-state index is -0.164. The van der Waals surface area contributed by atoms with Crippen molar-refractivity contribution in [1.29, 1.82) is 0 Å². The molecule has 5 nitrogen and oxygen atoms in total. The largest absolute Gasteiger partial charge is 0.398 e. The second kappa shape index (κ2) is 6.72. The summed E-state index contributed by atoms with van der Waals surface area (Å²) in [5.41, 5.74) is 7.86. The fraction of sp³-hybridized carbons (Fsp3) is 0.368. The number of nitrogens with two attached hydrogens (primary N) is 1. The highest BCUT2D eigenvalue weighted by molar-refractivity contribution is 6.26. The summed E-state index contributed by atoms with van der Waals surface area (Å²) >= 11 is 0. The Kier molecular flexibility index (Phi) is 4.90. The predicted molar refractivity (Wildman–Crippen MR) is 106 cm³/mol. The first kappa shape index (κ1) is 19.0. The molecule has 4 aliphatic rings. The number of anilines is 1. The second-order valence-corrected chi connectivity index (χ2v) is 7.12. The number of amides is 2. The summed E-state index contributed by atoms with van der Waals surface area (Å²) in [7, 11) is 0. The Bertz CT molecular complexity index is 871. The lowest BCUT2D eigenvalue weighted by atomic mass is 9.81. The number of piperidine rings is 3. The average Bonchev–Trinajstić information content (AvgIpc) is 2.62. The first-order chi connectivity index (χ1) is 11.6. The molecule has 138 valence electrons. The minimum absolute atomic E-state index is 0. The van der Waals surface area contributed by atoms with Crippen LogP contribution in [0.5, 0.6) is 0 Å². The van der Waals surface area contributed by atoms with E-state index in [1.165, 1.54) is 4.90 Å². The second-order valence-electron chi connectivity index (χ2n) is 7.12. The summed E-state index contributed by atoms with van der Waals surface area (Å²) in [6, 6.07) is 9.07. The summed E-state index contributed by atoms with van der Waals surface area (Å²) in [4.78, 5) is 30.2. The maximum absolute atomic E-state index is 13.1. The third kappa shape index (κ3) is 2.49. The molecule has 3 saturated heterocycles. The van der Waals surface area contributed by atoms with Crippen molar-refractivity contribution in [1.82, 2.24) is 9.80 Å². The summed E-state index contributed by atoms with van der Waals surface area (Å²) in [5.74, 6) is 0.0994. The summed E-state index contributed by atoms with van der Waals surface area (Å²) in [6.07, 6.45) is 2.14. The van der Waals surface area contributed by atoms with E-state index >= 15 is 0 Å². The van der Waals surface area contributed by atoms with Gasteiger partial charge in [-0.25, -0.2) is 0 Å². The maximum atomic E-state index is 13.1. The Morgan fingerprint density at radius 3 is 2.19 bits per heavy atom. The van der Waals surface area contributed by atoms with Gasteiger partial charge >= 0.3 is 0 Å². The molecular formula is C19H21Cl2N3O2. The molecule has 6 rings (SSSR count). The van der Waals surface area contributed by atoms with Crippen LogP contribution in [-0.4, -0.2) is 47.3 Å². The lowest BCUT2D eigenvalue weighted by Gasteiger charge is -2.49. The molecule has 2 aromatic carbocycles. The van der Waals surface area contributed by atoms with Crippen LogP contribution >= 0.6 is 24.8 Å². The van der Waals surface area contributed by atoms with Crippen molar-refractivity contribution in [3.63, 3.8) is 0 Å². The molecule has 4 aliphatic heterocycles. The highest BCUT2D eigenvalue weighted by Crippen LogP contribution is 2.38. The zero-order valence-electron chi connectivity index (χ0n) is 14.2. The number of nitrogen functional groups attached to an aromatic ring is 1. The van der Waals surface area contributed by atoms with Crippen LogP contribution < -0.4 is 5.73 Å². The van der Waals surface area contributed by atoms with E-state index in [0.717, 1.165) is 37.9 Å². The minimum Gasteiger partial charge on any atom is -0.398 e. The molecule has 0 saturated carbocycles. The SMILES string of the molecule is Cl.Cl.Nc1ccc2c3c(cccc13)C(=O)N(C1CN3CCC1CC3)C2=O. The molecule has 7 heteroatoms. The normalized spacial score (nSPS) is 26.5. The van der Waals surface area contributed by atoms with Gasteiger partial charge in [-0.2, -0.15) is 0 Å². The molecule has 4 heterocycles. The van der Waals surface area contributed by atoms with Gasteiger partial charge in [0.25, 0.3) is 11.8 Å². The molecule has 0 spiro atoms. The predicted octanol–water partition coefficient (Wildman–Crippen LogP) is 2.96. The lowest BCUT2D eigenvalue weighted by molar-refractivity contribution is 0.00882. The number of halogens is 2. The Balaban J connectivity index is 0.000000980. The molecule has 0 aliphatic carbocycles. The molecule has 2 bridgehead atoms. The van der Waals surface area contributed by atoms with Crippen molar-refractivity contribution in [2.24, 2.45) is 5.92 Å². The van der Waals surface area contributed by atoms with E-state index < -0.39 is 0 Å². The van der Waals surface area contributed by atoms with E-state index in [1.54, 1.807) is 12.1 Å². The highest BCUT2D eigenvalue weighted by atomic mass is 35.5. The van der Waals surface area contributed by atoms with Crippen LogP contribution in [0, 0.1) is 5.92 Å². The number of hydrogen-bond acceptors (Lipinski definition) is 4. The van der Waals surface area contributed by atoms with Crippen LogP contribution in [0.4, 0.5) is 5.69 Å². The van der Waals surface area contributed by atoms with Gasteiger partial charge in [-0.15, -0.1) is 24.8 Å². The molecule has 2 aromatic rings. The summed E-state index contributed by atoms with van der Waals surface area (Å²) in [6.45, 7) is 2.97. The summed E-state index contributed by atoms with van der Waals surface area (Å²) in [5, 5.41) is 1.50. The highest BCUT2D eigenvalue weighted by Gasteiger charge is 2.44. The first-order valence-corrected chi connectivity index (χ1v) is 8.56. The van der Waals surface area contributed by atoms with E-state index in [1.807, 2.05) is 18.2 Å². The average molecular weight is 394 g/mol. The van der Waals surface area contributed by atoms with E-state index in [-0.39, 0.29) is 42.7 Å². The van der Waals surface area contributed by atoms with Crippen LogP contribution in [0.15, 0.2) is 30.3 Å². The topological polar surface area (TPSA) is 66.6 Å². The molecule has 26 heavy (non-hydrogen) atoms. The Morgan fingerprint density at radius 1 is 0.923 bits per heavy atom. The van der Waals surface area contributed by atoms with E-state index in [4.69, 9.17) is 5.73 Å². The van der Waals surface area contributed by atoms with Gasteiger partial charge in [0.05, 0.1) is 6.04 Å². The monoisotopic (exact) mass is 393 g/mol. The van der Waals surface area contributed by atoms with Gasteiger partial charge in [0, 0.05) is 34.1 Å². The quantitative estimate of drug-likeness (QED) is 0.597. The molecule has 1 unspecified atom stereocenters. The van der Waals surface area contributed by atoms with Crippen LogP contribution in [0.3, 0.4) is 0 Å². The van der Waals surface area contributed by atoms with Crippen LogP contribution in [0.2, 0.25) is 0 Å². The summed E-state index contributed by atoms with van der Waals surface area (Å²) < 4.78 is 0. The Labute approximate surface area is 164 Å². The maximum Gasteiger partial charge on any atom is 0.261 e. The van der Waals surface area contributed by atoms with E-state index in [0.29, 0.717) is 28.1 Å². The van der Waals surface area contributed by atoms with Crippen molar-refractivity contribution in [2.75, 3.05) is 25.4 Å². The number of fused-ring (bicyclic) bond motifs is 3. The number of benzene rings is 2. The van der Waals surface area contributed by atoms with Gasteiger partial charge < -0.3 is 10.6 Å². The van der Waals surface area contributed by atoms with Crippen LogP contribution in [-0.2, 0) is 0 Å². The van der Waals surface area contributed by atoms with E-state index in [9.17, 15) is 9.59 Å². The van der Waals surface area contributed by atoms with Gasteiger partial charge in [0.1, 0.15) is 0 Å². The van der Waals surface area contributed by atoms with E-state index in [2.05, 4.69) is 4.90 Å². The number of imide groups is 1. The standard InChI is InChI=1S/C19H19N3O2.2ClH/c20-15-5-4-14-17-12(15)2-1-3-13(17)18(23)22(19(14)24)16-10-21-8-6-11(16)7-9-21;;/h1-5,11,16H,6-10,20H2;2*1H. The Morgan fingerprint density at radius 2 is 1.58 bits per heavy atom. The van der Waals surface area contributed by atoms with Crippen molar-refractivity contribution < 1.29 is 9.59 Å². The molecule has 3 fully saturated rings. The van der Waals surface area contributed by atoms with Gasteiger partial charge in [-0.1, -0.05) is 12.1 Å². The number of rotatable bonds is 1. The molecular weight excluding hydrogens is 373 g/mol. The zero-order chi connectivity index (χ0) is 16.4. The molecule has 0 radical (unpaired) electrons. The third-order valence-corrected chi connectivity index (χ3v) is 5.93. The molecule has 2 amide bonds. The van der Waals surface area contributed by atoms with Crippen LogP contribution in [0.1, 0.15) is 33.6 Å². The third-order valence-electron chi connectivity index (χ3n) is 5.93.